The maximum absolute atomic E-state index is 9.50. The van der Waals surface area contributed by atoms with Crippen LogP contribution in [0.5, 0.6) is 0 Å². The topological polar surface area (TPSA) is 20.2 Å². The van der Waals surface area contributed by atoms with Gasteiger partial charge in [-0.3, -0.25) is 0 Å². The molecule has 0 aliphatic rings. The van der Waals surface area contributed by atoms with Gasteiger partial charge in [-0.2, -0.15) is 0 Å². The van der Waals surface area contributed by atoms with Gasteiger partial charge in [0.25, 0.3) is 0 Å². The lowest BCUT2D eigenvalue weighted by Crippen LogP contribution is -1.88. The lowest BCUT2D eigenvalue weighted by atomic mass is 10.0. The monoisotopic (exact) mass is 288 g/mol. The largest absolute Gasteiger partial charge is 0.391 e. The first-order chi connectivity index (χ1) is 10.8. The third-order valence-corrected chi connectivity index (χ3v) is 3.45. The van der Waals surface area contributed by atoms with Crippen molar-refractivity contribution in [3.8, 4) is 24.2 Å². The minimum Gasteiger partial charge on any atom is -0.391 e. The first-order valence-corrected chi connectivity index (χ1v) is 7.56. The quantitative estimate of drug-likeness (QED) is 0.638. The van der Waals surface area contributed by atoms with E-state index in [0.717, 1.165) is 36.8 Å². The van der Waals surface area contributed by atoms with Crippen molar-refractivity contribution in [3.63, 3.8) is 0 Å². The first kappa shape index (κ1) is 15.9. The van der Waals surface area contributed by atoms with Crippen molar-refractivity contribution in [1.82, 2.24) is 0 Å². The zero-order valence-corrected chi connectivity index (χ0v) is 12.7. The highest BCUT2D eigenvalue weighted by Gasteiger charge is 1.98. The van der Waals surface area contributed by atoms with Gasteiger partial charge in [-0.25, -0.2) is 0 Å². The van der Waals surface area contributed by atoms with Crippen LogP contribution in [0.2, 0.25) is 0 Å². The van der Waals surface area contributed by atoms with Crippen LogP contribution >= 0.6 is 0 Å². The fourth-order valence-electron chi connectivity index (χ4n) is 2.30. The molecule has 0 spiro atoms. The van der Waals surface area contributed by atoms with Crippen LogP contribution in [0.1, 0.15) is 31.2 Å². The van der Waals surface area contributed by atoms with Gasteiger partial charge in [0.15, 0.2) is 0 Å². The molecule has 1 N–H and O–H groups in total. The molecule has 0 atom stereocenters. The highest BCUT2D eigenvalue weighted by Crippen LogP contribution is 2.20. The molecule has 0 radical (unpaired) electrons. The maximum atomic E-state index is 9.50. The van der Waals surface area contributed by atoms with Gasteiger partial charge < -0.3 is 5.11 Å². The molecule has 0 aliphatic heterocycles. The average molecular weight is 288 g/mol. The normalized spacial score (nSPS) is 10.8. The number of hydrogen-bond acceptors (Lipinski definition) is 1. The Morgan fingerprint density at radius 2 is 1.82 bits per heavy atom. The molecule has 110 valence electrons. The van der Waals surface area contributed by atoms with E-state index in [2.05, 4.69) is 36.0 Å². The third-order valence-electron chi connectivity index (χ3n) is 3.45. The van der Waals surface area contributed by atoms with Crippen molar-refractivity contribution in [2.24, 2.45) is 0 Å². The molecule has 0 heterocycles. The summed E-state index contributed by atoms with van der Waals surface area (Å²) in [6, 6.07) is 14.4. The summed E-state index contributed by atoms with van der Waals surface area (Å²) in [5.41, 5.74) is 1.83. The zero-order chi connectivity index (χ0) is 15.6. The van der Waals surface area contributed by atoms with Gasteiger partial charge in [-0.05, 0) is 35.3 Å². The molecule has 0 aromatic heterocycles. The van der Waals surface area contributed by atoms with E-state index in [1.165, 1.54) is 10.8 Å². The molecule has 0 amide bonds. The minimum atomic E-state index is -0.0411. The fraction of sp³-hybridized carbons (Fsp3) is 0.238. The molecule has 0 fully saturated rings. The molecular weight excluding hydrogens is 268 g/mol. The second kappa shape index (κ2) is 8.73. The number of hydrogen-bond donors (Lipinski definition) is 1. The molecule has 1 nitrogen and oxygen atoms in total. The molecular formula is C21H20O. The standard InChI is InChI=1S/C21H20O/c1-2-3-4-5-6-7-11-18(17-22)16-20-14-10-13-19-12-8-9-15-21(19)20/h1,8-10,12-16,22H,3-6,17H2/b18-16-. The van der Waals surface area contributed by atoms with E-state index >= 15 is 0 Å². The Balaban J connectivity index is 2.14. The van der Waals surface area contributed by atoms with Crippen molar-refractivity contribution in [2.45, 2.75) is 25.7 Å². The van der Waals surface area contributed by atoms with Crippen LogP contribution in [0.25, 0.3) is 16.8 Å². The van der Waals surface area contributed by atoms with E-state index in [9.17, 15) is 5.11 Å². The number of fused-ring (bicyclic) bond motifs is 1. The lowest BCUT2D eigenvalue weighted by molar-refractivity contribution is 0.337. The highest BCUT2D eigenvalue weighted by atomic mass is 16.3. The van der Waals surface area contributed by atoms with Crippen molar-refractivity contribution in [2.75, 3.05) is 6.61 Å². The van der Waals surface area contributed by atoms with Crippen LogP contribution < -0.4 is 0 Å². The summed E-state index contributed by atoms with van der Waals surface area (Å²) in [7, 11) is 0. The summed E-state index contributed by atoms with van der Waals surface area (Å²) in [6.07, 6.45) is 10.8. The SMILES string of the molecule is C#CCCCCC#C/C(=C/c1cccc2ccccc12)CO. The van der Waals surface area contributed by atoms with E-state index in [4.69, 9.17) is 6.42 Å². The molecule has 0 unspecified atom stereocenters. The van der Waals surface area contributed by atoms with Gasteiger partial charge in [0, 0.05) is 18.4 Å². The Labute approximate surface area is 132 Å². The predicted molar refractivity (Wildman–Crippen MR) is 94.1 cm³/mol. The summed E-state index contributed by atoms with van der Waals surface area (Å²) in [5.74, 6) is 8.81. The average Bonchev–Trinajstić information content (AvgIpc) is 2.57. The number of unbranched alkanes of at least 4 members (excludes halogenated alkanes) is 3. The van der Waals surface area contributed by atoms with E-state index in [1.54, 1.807) is 0 Å². The number of terminal acetylenes is 1. The number of aliphatic hydroxyl groups is 1. The van der Waals surface area contributed by atoms with Crippen molar-refractivity contribution >= 4 is 16.8 Å². The number of rotatable bonds is 5. The van der Waals surface area contributed by atoms with Gasteiger partial charge in [-0.15, -0.1) is 12.3 Å². The molecule has 2 aromatic rings. The smallest absolute Gasteiger partial charge is 0.0760 e. The molecule has 0 aliphatic carbocycles. The summed E-state index contributed by atoms with van der Waals surface area (Å²) >= 11 is 0. The van der Waals surface area contributed by atoms with E-state index in [1.807, 2.05) is 30.3 Å². The second-order valence-electron chi connectivity index (χ2n) is 5.11. The summed E-state index contributed by atoms with van der Waals surface area (Å²) in [5, 5.41) is 11.9. The molecule has 0 saturated heterocycles. The van der Waals surface area contributed by atoms with Crippen LogP contribution in [0.15, 0.2) is 48.0 Å². The first-order valence-electron chi connectivity index (χ1n) is 7.56. The van der Waals surface area contributed by atoms with Crippen LogP contribution in [-0.4, -0.2) is 11.7 Å². The Hall–Kier alpha value is -2.48. The summed E-state index contributed by atoms with van der Waals surface area (Å²) in [4.78, 5) is 0. The van der Waals surface area contributed by atoms with Crippen LogP contribution in [-0.2, 0) is 0 Å². The van der Waals surface area contributed by atoms with Gasteiger partial charge in [-0.1, -0.05) is 54.3 Å². The minimum absolute atomic E-state index is 0.0411. The number of benzene rings is 2. The molecule has 0 bridgehead atoms. The molecule has 0 saturated carbocycles. The van der Waals surface area contributed by atoms with Gasteiger partial charge in [0.05, 0.1) is 6.61 Å². The lowest BCUT2D eigenvalue weighted by Gasteiger charge is -2.03. The van der Waals surface area contributed by atoms with Crippen LogP contribution in [0.4, 0.5) is 0 Å². The van der Waals surface area contributed by atoms with Gasteiger partial charge in [0.1, 0.15) is 0 Å². The summed E-state index contributed by atoms with van der Waals surface area (Å²) < 4.78 is 0. The van der Waals surface area contributed by atoms with E-state index in [-0.39, 0.29) is 6.61 Å². The van der Waals surface area contributed by atoms with Crippen molar-refractivity contribution < 1.29 is 5.11 Å². The van der Waals surface area contributed by atoms with E-state index in [0.29, 0.717) is 0 Å². The fourth-order valence-corrected chi connectivity index (χ4v) is 2.30. The Morgan fingerprint density at radius 1 is 1.05 bits per heavy atom. The van der Waals surface area contributed by atoms with Crippen LogP contribution in [0, 0.1) is 24.2 Å². The molecule has 1 heteroatoms. The van der Waals surface area contributed by atoms with Crippen LogP contribution in [0.3, 0.4) is 0 Å². The Morgan fingerprint density at radius 3 is 2.64 bits per heavy atom. The predicted octanol–water partition coefficient (Wildman–Crippen LogP) is 4.41. The molecule has 22 heavy (non-hydrogen) atoms. The molecule has 2 rings (SSSR count). The Kier molecular flexibility index (Phi) is 6.31. The van der Waals surface area contributed by atoms with Crippen molar-refractivity contribution in [3.05, 3.63) is 53.6 Å². The third kappa shape index (κ3) is 4.52. The van der Waals surface area contributed by atoms with Gasteiger partial charge >= 0.3 is 0 Å². The highest BCUT2D eigenvalue weighted by molar-refractivity contribution is 5.91. The second-order valence-corrected chi connectivity index (χ2v) is 5.11. The number of aliphatic hydroxyl groups excluding tert-OH is 1. The Bertz CT molecular complexity index is 745. The van der Waals surface area contributed by atoms with Gasteiger partial charge in [0.2, 0.25) is 0 Å². The molecule has 2 aromatic carbocycles. The summed E-state index contributed by atoms with van der Waals surface area (Å²) in [6.45, 7) is -0.0411. The maximum Gasteiger partial charge on any atom is 0.0760 e. The van der Waals surface area contributed by atoms with Crippen molar-refractivity contribution in [1.29, 1.82) is 0 Å². The van der Waals surface area contributed by atoms with E-state index < -0.39 is 0 Å². The zero-order valence-electron chi connectivity index (χ0n) is 12.7.